The lowest BCUT2D eigenvalue weighted by atomic mass is 10.1. The average Bonchev–Trinajstić information content (AvgIpc) is 3.18. The van der Waals surface area contributed by atoms with Crippen LogP contribution in [-0.2, 0) is 23.7 Å². The number of hydrogen-bond donors (Lipinski definition) is 1. The number of rotatable bonds is 8. The number of anilines is 1. The summed E-state index contributed by atoms with van der Waals surface area (Å²) in [7, 11) is 4.86. The van der Waals surface area contributed by atoms with E-state index in [1.807, 2.05) is 0 Å². The molecule has 2 aromatic rings. The van der Waals surface area contributed by atoms with Gasteiger partial charge < -0.3 is 29.4 Å². The average molecular weight is 353 g/mol. The fourth-order valence-corrected chi connectivity index (χ4v) is 3.02. The molecule has 1 aliphatic heterocycles. The molecular weight excluding hydrogens is 330 g/mol. The van der Waals surface area contributed by atoms with Crippen molar-refractivity contribution in [3.63, 3.8) is 0 Å². The summed E-state index contributed by atoms with van der Waals surface area (Å²) in [5, 5.41) is 0. The van der Waals surface area contributed by atoms with Crippen LogP contribution in [0.2, 0.25) is 0 Å². The van der Waals surface area contributed by atoms with E-state index in [0.29, 0.717) is 36.8 Å². The van der Waals surface area contributed by atoms with Crippen molar-refractivity contribution in [2.24, 2.45) is 0 Å². The van der Waals surface area contributed by atoms with E-state index in [1.165, 1.54) is 6.33 Å². The molecule has 0 radical (unpaired) electrons. The monoisotopic (exact) mass is 353 g/mol. The Kier molecular flexibility index (Phi) is 5.76. The number of fused-ring (bicyclic) bond motifs is 1. The molecule has 2 aromatic heterocycles. The van der Waals surface area contributed by atoms with Gasteiger partial charge in [0, 0.05) is 21.3 Å². The molecule has 0 saturated carbocycles. The van der Waals surface area contributed by atoms with Crippen LogP contribution in [0.4, 0.5) is 5.82 Å². The third-order valence-electron chi connectivity index (χ3n) is 4.15. The third kappa shape index (κ3) is 3.44. The first-order chi connectivity index (χ1) is 12.2. The van der Waals surface area contributed by atoms with Gasteiger partial charge in [-0.05, 0) is 0 Å². The summed E-state index contributed by atoms with van der Waals surface area (Å²) in [5.74, 6) is 0.315. The van der Waals surface area contributed by atoms with E-state index >= 15 is 0 Å². The van der Waals surface area contributed by atoms with Crippen molar-refractivity contribution in [1.82, 2.24) is 19.5 Å². The molecule has 0 aliphatic carbocycles. The van der Waals surface area contributed by atoms with Crippen LogP contribution in [0.3, 0.4) is 0 Å². The topological polar surface area (TPSA) is 116 Å². The quantitative estimate of drug-likeness (QED) is 0.654. The maximum atomic E-state index is 6.15. The van der Waals surface area contributed by atoms with Crippen molar-refractivity contribution in [2.75, 3.05) is 46.9 Å². The van der Waals surface area contributed by atoms with Gasteiger partial charge in [0.05, 0.1) is 26.1 Å². The second kappa shape index (κ2) is 8.02. The van der Waals surface area contributed by atoms with Crippen LogP contribution >= 0.6 is 0 Å². The minimum absolute atomic E-state index is 0.288. The van der Waals surface area contributed by atoms with Crippen LogP contribution in [0.1, 0.15) is 6.23 Å². The first-order valence-electron chi connectivity index (χ1n) is 7.92. The smallest absolute Gasteiger partial charge is 0.167 e. The predicted octanol–water partition coefficient (Wildman–Crippen LogP) is -0.00110. The highest BCUT2D eigenvalue weighted by molar-refractivity contribution is 5.81. The number of aromatic nitrogens is 4. The highest BCUT2D eigenvalue weighted by Gasteiger charge is 2.47. The summed E-state index contributed by atoms with van der Waals surface area (Å²) in [4.78, 5) is 12.5. The molecule has 1 aliphatic rings. The zero-order valence-corrected chi connectivity index (χ0v) is 14.5. The summed E-state index contributed by atoms with van der Waals surface area (Å²) in [6.45, 7) is 1.25. The Bertz CT molecular complexity index is 696. The molecule has 0 aromatic carbocycles. The molecule has 1 saturated heterocycles. The maximum absolute atomic E-state index is 6.15. The number of nitrogens with two attached hydrogens (primary N) is 1. The Hall–Kier alpha value is -1.85. The Morgan fingerprint density at radius 2 is 1.96 bits per heavy atom. The predicted molar refractivity (Wildman–Crippen MR) is 87.9 cm³/mol. The number of imidazole rings is 1. The minimum atomic E-state index is -0.485. The molecule has 0 spiro atoms. The molecule has 3 heterocycles. The molecular formula is C15H23N5O5. The molecule has 1 fully saturated rings. The number of ether oxygens (including phenoxy) is 5. The van der Waals surface area contributed by atoms with E-state index < -0.39 is 6.23 Å². The Labute approximate surface area is 145 Å². The van der Waals surface area contributed by atoms with Crippen LogP contribution < -0.4 is 5.73 Å². The molecule has 25 heavy (non-hydrogen) atoms. The van der Waals surface area contributed by atoms with Crippen molar-refractivity contribution in [3.05, 3.63) is 12.7 Å². The van der Waals surface area contributed by atoms with Gasteiger partial charge in [-0.2, -0.15) is 0 Å². The zero-order chi connectivity index (χ0) is 17.8. The number of nitrogen functional groups attached to an aromatic ring is 1. The summed E-state index contributed by atoms with van der Waals surface area (Å²) >= 11 is 0. The minimum Gasteiger partial charge on any atom is -0.382 e. The Balaban J connectivity index is 1.93. The highest BCUT2D eigenvalue weighted by Crippen LogP contribution is 2.35. The summed E-state index contributed by atoms with van der Waals surface area (Å²) in [6, 6.07) is 0. The van der Waals surface area contributed by atoms with Crippen LogP contribution in [0.25, 0.3) is 11.2 Å². The van der Waals surface area contributed by atoms with E-state index in [0.717, 1.165) is 0 Å². The summed E-state index contributed by atoms with van der Waals surface area (Å²) in [5.41, 5.74) is 6.96. The normalized spacial score (nSPS) is 26.5. The second-order valence-electron chi connectivity index (χ2n) is 5.63. The lowest BCUT2D eigenvalue weighted by Crippen LogP contribution is -2.38. The van der Waals surface area contributed by atoms with Crippen LogP contribution in [0.15, 0.2) is 12.7 Å². The van der Waals surface area contributed by atoms with E-state index in [1.54, 1.807) is 32.2 Å². The first-order valence-corrected chi connectivity index (χ1v) is 7.92. The van der Waals surface area contributed by atoms with Gasteiger partial charge in [0.2, 0.25) is 0 Å². The van der Waals surface area contributed by atoms with Gasteiger partial charge in [0.15, 0.2) is 17.7 Å². The second-order valence-corrected chi connectivity index (χ2v) is 5.63. The lowest BCUT2D eigenvalue weighted by molar-refractivity contribution is -0.0820. The van der Waals surface area contributed by atoms with E-state index in [-0.39, 0.29) is 18.3 Å². The molecule has 138 valence electrons. The van der Waals surface area contributed by atoms with Crippen molar-refractivity contribution in [1.29, 1.82) is 0 Å². The largest absolute Gasteiger partial charge is 0.382 e. The fraction of sp³-hybridized carbons (Fsp3) is 0.667. The summed E-state index contributed by atoms with van der Waals surface area (Å²) < 4.78 is 29.9. The molecule has 10 heteroatoms. The highest BCUT2D eigenvalue weighted by atomic mass is 16.6. The van der Waals surface area contributed by atoms with Crippen molar-refractivity contribution in [3.8, 4) is 0 Å². The van der Waals surface area contributed by atoms with Gasteiger partial charge in [-0.3, -0.25) is 4.57 Å². The van der Waals surface area contributed by atoms with E-state index in [4.69, 9.17) is 29.4 Å². The molecule has 4 unspecified atom stereocenters. The fourth-order valence-electron chi connectivity index (χ4n) is 3.02. The Morgan fingerprint density at radius 1 is 1.12 bits per heavy atom. The summed E-state index contributed by atoms with van der Waals surface area (Å²) in [6.07, 6.45) is 1.55. The van der Waals surface area contributed by atoms with E-state index in [2.05, 4.69) is 15.0 Å². The molecule has 4 atom stereocenters. The SMILES string of the molecule is COCCOC1C(OC)C(COC)OC1n1cnc2c(N)ncnc21. The van der Waals surface area contributed by atoms with Gasteiger partial charge in [0.25, 0.3) is 0 Å². The molecule has 10 nitrogen and oxygen atoms in total. The van der Waals surface area contributed by atoms with Crippen LogP contribution in [0, 0.1) is 0 Å². The third-order valence-corrected chi connectivity index (χ3v) is 4.15. The lowest BCUT2D eigenvalue weighted by Gasteiger charge is -2.23. The maximum Gasteiger partial charge on any atom is 0.167 e. The van der Waals surface area contributed by atoms with Crippen molar-refractivity contribution < 1.29 is 23.7 Å². The molecule has 0 amide bonds. The zero-order valence-electron chi connectivity index (χ0n) is 14.5. The number of hydrogen-bond acceptors (Lipinski definition) is 9. The van der Waals surface area contributed by atoms with Crippen LogP contribution in [-0.4, -0.2) is 79.0 Å². The van der Waals surface area contributed by atoms with Gasteiger partial charge in [0.1, 0.15) is 30.2 Å². The standard InChI is InChI=1S/C15H23N5O5/c1-21-4-5-24-12-11(23-3)9(6-22-2)25-15(12)20-8-19-10-13(16)17-7-18-14(10)20/h7-9,11-12,15H,4-6H2,1-3H3,(H2,16,17,18). The van der Waals surface area contributed by atoms with Crippen molar-refractivity contribution >= 4 is 17.0 Å². The number of methoxy groups -OCH3 is 3. The molecule has 3 rings (SSSR count). The first kappa shape index (κ1) is 18.0. The Morgan fingerprint density at radius 3 is 2.68 bits per heavy atom. The van der Waals surface area contributed by atoms with Gasteiger partial charge in [-0.25, -0.2) is 15.0 Å². The van der Waals surface area contributed by atoms with Gasteiger partial charge in [-0.1, -0.05) is 0 Å². The van der Waals surface area contributed by atoms with Crippen molar-refractivity contribution in [2.45, 2.75) is 24.5 Å². The van der Waals surface area contributed by atoms with E-state index in [9.17, 15) is 0 Å². The number of nitrogens with zero attached hydrogens (tertiary/aromatic N) is 4. The van der Waals surface area contributed by atoms with Gasteiger partial charge >= 0.3 is 0 Å². The molecule has 2 N–H and O–H groups in total. The molecule has 0 bridgehead atoms. The van der Waals surface area contributed by atoms with Gasteiger partial charge in [-0.15, -0.1) is 0 Å². The van der Waals surface area contributed by atoms with Crippen LogP contribution in [0.5, 0.6) is 0 Å².